The average Bonchev–Trinajstić information content (AvgIpc) is 2.03. The van der Waals surface area contributed by atoms with Gasteiger partial charge in [0.15, 0.2) is 0 Å². The van der Waals surface area contributed by atoms with Gasteiger partial charge in [0.1, 0.15) is 6.61 Å². The third kappa shape index (κ3) is 5.50. The van der Waals surface area contributed by atoms with Crippen LogP contribution in [0.2, 0.25) is 0 Å². The van der Waals surface area contributed by atoms with Gasteiger partial charge in [-0.25, -0.2) is 0 Å². The van der Waals surface area contributed by atoms with E-state index in [1.807, 2.05) is 25.7 Å². The lowest BCUT2D eigenvalue weighted by molar-refractivity contribution is -0.146. The van der Waals surface area contributed by atoms with Gasteiger partial charge in [-0.3, -0.25) is 4.79 Å². The summed E-state index contributed by atoms with van der Waals surface area (Å²) in [5.41, 5.74) is -0.134. The number of carbonyl (C=O) groups excluding carboxylic acids is 1. The molecule has 17 heavy (non-hydrogen) atoms. The normalized spacial score (nSPS) is 18.1. The molecular formula is C13H26N2O2. The molecule has 1 saturated heterocycles. The molecule has 1 heterocycles. The molecule has 1 aliphatic rings. The van der Waals surface area contributed by atoms with Gasteiger partial charge in [0, 0.05) is 24.7 Å². The van der Waals surface area contributed by atoms with Crippen molar-refractivity contribution in [2.24, 2.45) is 0 Å². The lowest BCUT2D eigenvalue weighted by Crippen LogP contribution is -2.63. The lowest BCUT2D eigenvalue weighted by atomic mass is 10.0. The highest BCUT2D eigenvalue weighted by Crippen LogP contribution is 2.14. The molecule has 4 nitrogen and oxygen atoms in total. The minimum Gasteiger partial charge on any atom is -0.366 e. The number of hydrogen-bond acceptors (Lipinski definition) is 3. The van der Waals surface area contributed by atoms with Crippen molar-refractivity contribution in [2.45, 2.75) is 58.7 Å². The Balaban J connectivity index is 2.22. The maximum Gasteiger partial charge on any atom is 0.248 e. The predicted molar refractivity (Wildman–Crippen MR) is 69.0 cm³/mol. The molecule has 1 amide bonds. The first-order valence-electron chi connectivity index (χ1n) is 6.26. The minimum absolute atomic E-state index is 0.0897. The first kappa shape index (κ1) is 14.5. The summed E-state index contributed by atoms with van der Waals surface area (Å²) in [6, 6.07) is 0.425. The summed E-state index contributed by atoms with van der Waals surface area (Å²) in [6.45, 7) is 14.1. The molecule has 1 aliphatic heterocycles. The maximum absolute atomic E-state index is 11.8. The number of rotatable bonds is 3. The molecule has 0 atom stereocenters. The number of likely N-dealkylation sites (tertiary alicyclic amines) is 1. The molecule has 0 saturated carbocycles. The summed E-state index contributed by atoms with van der Waals surface area (Å²) in [6.07, 6.45) is 0. The number of nitrogens with zero attached hydrogens (tertiary/aromatic N) is 1. The van der Waals surface area contributed by atoms with Crippen LogP contribution in [0.4, 0.5) is 0 Å². The van der Waals surface area contributed by atoms with E-state index >= 15 is 0 Å². The second kappa shape index (κ2) is 4.94. The lowest BCUT2D eigenvalue weighted by Gasteiger charge is -2.43. The van der Waals surface area contributed by atoms with Gasteiger partial charge < -0.3 is 15.0 Å². The van der Waals surface area contributed by atoms with Crippen LogP contribution in [0, 0.1) is 0 Å². The third-order valence-corrected chi connectivity index (χ3v) is 2.50. The zero-order chi connectivity index (χ0) is 13.3. The van der Waals surface area contributed by atoms with E-state index in [1.165, 1.54) is 0 Å². The molecule has 0 bridgehead atoms. The Morgan fingerprint density at radius 3 is 2.18 bits per heavy atom. The quantitative estimate of drug-likeness (QED) is 0.813. The monoisotopic (exact) mass is 242 g/mol. The van der Waals surface area contributed by atoms with Crippen LogP contribution in [-0.4, -0.2) is 47.7 Å². The van der Waals surface area contributed by atoms with Gasteiger partial charge in [-0.1, -0.05) is 0 Å². The van der Waals surface area contributed by atoms with Crippen LogP contribution >= 0.6 is 0 Å². The van der Waals surface area contributed by atoms with E-state index in [0.29, 0.717) is 6.04 Å². The molecule has 1 N–H and O–H groups in total. The van der Waals surface area contributed by atoms with Crippen molar-refractivity contribution in [3.63, 3.8) is 0 Å². The van der Waals surface area contributed by atoms with Gasteiger partial charge in [-0.05, 0) is 41.5 Å². The zero-order valence-electron chi connectivity index (χ0n) is 12.0. The molecule has 1 rings (SSSR count). The second-order valence-electron chi connectivity index (χ2n) is 6.79. The summed E-state index contributed by atoms with van der Waals surface area (Å²) >= 11 is 0. The van der Waals surface area contributed by atoms with Crippen molar-refractivity contribution >= 4 is 5.91 Å². The van der Waals surface area contributed by atoms with E-state index in [1.54, 1.807) is 0 Å². The number of nitrogens with one attached hydrogen (secondary N) is 1. The van der Waals surface area contributed by atoms with Crippen LogP contribution in [-0.2, 0) is 9.53 Å². The first-order valence-corrected chi connectivity index (χ1v) is 6.26. The van der Waals surface area contributed by atoms with Crippen LogP contribution in [0.5, 0.6) is 0 Å². The van der Waals surface area contributed by atoms with Crippen LogP contribution in [0.3, 0.4) is 0 Å². The van der Waals surface area contributed by atoms with Gasteiger partial charge in [0.25, 0.3) is 0 Å². The Kier molecular flexibility index (Phi) is 4.20. The summed E-state index contributed by atoms with van der Waals surface area (Å²) in [4.78, 5) is 13.6. The Morgan fingerprint density at radius 2 is 1.76 bits per heavy atom. The highest BCUT2D eigenvalue weighted by atomic mass is 16.5. The standard InChI is InChI=1S/C13H26N2O2/c1-12(2,3)14-10-7-15(8-10)11(16)9-17-13(4,5)6/h10,14H,7-9H2,1-6H3. The molecule has 0 radical (unpaired) electrons. The Hall–Kier alpha value is -0.610. The molecule has 1 fully saturated rings. The van der Waals surface area contributed by atoms with Crippen molar-refractivity contribution in [1.29, 1.82) is 0 Å². The van der Waals surface area contributed by atoms with E-state index in [9.17, 15) is 4.79 Å². The van der Waals surface area contributed by atoms with Crippen LogP contribution < -0.4 is 5.32 Å². The minimum atomic E-state index is -0.246. The van der Waals surface area contributed by atoms with Crippen molar-refractivity contribution in [3.05, 3.63) is 0 Å². The van der Waals surface area contributed by atoms with E-state index in [2.05, 4.69) is 26.1 Å². The highest BCUT2D eigenvalue weighted by molar-refractivity contribution is 5.78. The average molecular weight is 242 g/mol. The molecule has 0 spiro atoms. The van der Waals surface area contributed by atoms with Crippen molar-refractivity contribution < 1.29 is 9.53 Å². The fourth-order valence-corrected chi connectivity index (χ4v) is 1.76. The summed E-state index contributed by atoms with van der Waals surface area (Å²) in [5.74, 6) is 0.0897. The van der Waals surface area contributed by atoms with E-state index in [-0.39, 0.29) is 23.7 Å². The van der Waals surface area contributed by atoms with Crippen molar-refractivity contribution in [3.8, 4) is 0 Å². The smallest absolute Gasteiger partial charge is 0.248 e. The van der Waals surface area contributed by atoms with Gasteiger partial charge in [-0.15, -0.1) is 0 Å². The first-order chi connectivity index (χ1) is 7.57. The second-order valence-corrected chi connectivity index (χ2v) is 6.79. The van der Waals surface area contributed by atoms with Crippen molar-refractivity contribution in [2.75, 3.05) is 19.7 Å². The summed E-state index contributed by atoms with van der Waals surface area (Å²) < 4.78 is 5.47. The van der Waals surface area contributed by atoms with E-state index < -0.39 is 0 Å². The summed E-state index contributed by atoms with van der Waals surface area (Å²) in [7, 11) is 0. The fourth-order valence-electron chi connectivity index (χ4n) is 1.76. The molecule has 100 valence electrons. The van der Waals surface area contributed by atoms with Gasteiger partial charge in [0.2, 0.25) is 5.91 Å². The number of amides is 1. The topological polar surface area (TPSA) is 41.6 Å². The SMILES string of the molecule is CC(C)(C)NC1CN(C(=O)COC(C)(C)C)C1. The fraction of sp³-hybridized carbons (Fsp3) is 0.923. The van der Waals surface area contributed by atoms with E-state index in [0.717, 1.165) is 13.1 Å². The molecule has 0 aromatic rings. The number of carbonyl (C=O) groups is 1. The van der Waals surface area contributed by atoms with E-state index in [4.69, 9.17) is 4.74 Å². The molecule has 4 heteroatoms. The van der Waals surface area contributed by atoms with Gasteiger partial charge in [0.05, 0.1) is 5.60 Å². The molecule has 0 unspecified atom stereocenters. The molecule has 0 aromatic carbocycles. The van der Waals surface area contributed by atoms with Crippen LogP contribution in [0.1, 0.15) is 41.5 Å². The highest BCUT2D eigenvalue weighted by Gasteiger charge is 2.32. The Morgan fingerprint density at radius 1 is 1.24 bits per heavy atom. The summed E-state index contributed by atoms with van der Waals surface area (Å²) in [5, 5.41) is 3.48. The Bertz CT molecular complexity index is 270. The third-order valence-electron chi connectivity index (χ3n) is 2.50. The molecule has 0 aromatic heterocycles. The Labute approximate surface area is 105 Å². The molecular weight excluding hydrogens is 216 g/mol. The molecule has 0 aliphatic carbocycles. The van der Waals surface area contributed by atoms with Gasteiger partial charge in [-0.2, -0.15) is 0 Å². The van der Waals surface area contributed by atoms with Crippen molar-refractivity contribution in [1.82, 2.24) is 10.2 Å². The maximum atomic E-state index is 11.8. The zero-order valence-corrected chi connectivity index (χ0v) is 12.0. The number of ether oxygens (including phenoxy) is 1. The van der Waals surface area contributed by atoms with Crippen LogP contribution in [0.15, 0.2) is 0 Å². The van der Waals surface area contributed by atoms with Crippen LogP contribution in [0.25, 0.3) is 0 Å². The largest absolute Gasteiger partial charge is 0.366 e. The number of hydrogen-bond donors (Lipinski definition) is 1. The van der Waals surface area contributed by atoms with Gasteiger partial charge >= 0.3 is 0 Å². The predicted octanol–water partition coefficient (Wildman–Crippen LogP) is 1.40.